The van der Waals surface area contributed by atoms with Crippen LogP contribution in [0.25, 0.3) is 66.8 Å². The van der Waals surface area contributed by atoms with Crippen LogP contribution in [0, 0.1) is 0 Å². The van der Waals surface area contributed by atoms with Crippen LogP contribution in [0.1, 0.15) is 62.9 Å². The fraction of sp³-hybridized carbons (Fsp3) is 0.0392. The third-order valence-corrected chi connectivity index (χ3v) is 12.2. The highest BCUT2D eigenvalue weighted by molar-refractivity contribution is 6.41. The smallest absolute Gasteiger partial charge is 0.337 e. The van der Waals surface area contributed by atoms with Crippen LogP contribution < -0.4 is 32.6 Å². The topological polar surface area (TPSA) is 285 Å². The van der Waals surface area contributed by atoms with Crippen LogP contribution >= 0.6 is 23.2 Å². The number of carbonyl (C=O) groups excluding carboxylic acids is 2. The van der Waals surface area contributed by atoms with E-state index >= 15 is 0 Å². The van der Waals surface area contributed by atoms with Gasteiger partial charge in [0, 0.05) is 74.6 Å². The number of hydrogen-bond donors (Lipinski definition) is 8. The average molecular weight is 965 g/mol. The summed E-state index contributed by atoms with van der Waals surface area (Å²) in [5, 5.41) is 53.6. The first-order chi connectivity index (χ1) is 33.0. The van der Waals surface area contributed by atoms with E-state index in [1.165, 1.54) is 54.6 Å². The van der Waals surface area contributed by atoms with Gasteiger partial charge in [0.15, 0.2) is 10.8 Å². The lowest BCUT2D eigenvalue weighted by molar-refractivity contribution is -0.172. The first-order valence-electron chi connectivity index (χ1n) is 20.6. The number of fused-ring (bicyclic) bond motifs is 4. The van der Waals surface area contributed by atoms with E-state index in [2.05, 4.69) is 10.6 Å². The molecule has 69 heavy (non-hydrogen) atoms. The minimum atomic E-state index is -1.45. The molecule has 5 aromatic carbocycles. The Bertz CT molecular complexity index is 3750. The number of nitrogen functional groups attached to an aromatic ring is 1. The van der Waals surface area contributed by atoms with Crippen LogP contribution in [0.15, 0.2) is 129 Å². The van der Waals surface area contributed by atoms with E-state index in [0.29, 0.717) is 50.0 Å². The van der Waals surface area contributed by atoms with E-state index in [-0.39, 0.29) is 90.1 Å². The Morgan fingerprint density at radius 3 is 2.01 bits per heavy atom. The summed E-state index contributed by atoms with van der Waals surface area (Å²) < 4.78 is 12.2. The summed E-state index contributed by atoms with van der Waals surface area (Å²) in [7, 11) is 0. The number of phenols is 1. The van der Waals surface area contributed by atoms with Crippen LogP contribution in [0.5, 0.6) is 5.75 Å². The van der Waals surface area contributed by atoms with Crippen LogP contribution in [0.4, 0.5) is 5.69 Å². The summed E-state index contributed by atoms with van der Waals surface area (Å²) in [6, 6.07) is 27.2. The van der Waals surface area contributed by atoms with Gasteiger partial charge in [-0.05, 0) is 90.0 Å². The third-order valence-electron chi connectivity index (χ3n) is 11.5. The van der Waals surface area contributed by atoms with E-state index in [9.17, 15) is 49.2 Å². The molecule has 9 rings (SSSR count). The highest BCUT2D eigenvalue weighted by Crippen LogP contribution is 2.47. The zero-order chi connectivity index (χ0) is 49.0. The van der Waals surface area contributed by atoms with Crippen molar-refractivity contribution in [1.29, 1.82) is 0 Å². The Labute approximate surface area is 397 Å². The second-order valence-electron chi connectivity index (χ2n) is 15.8. The Hall–Kier alpha value is -8.99. The molecule has 2 heterocycles. The molecule has 0 unspecified atom stereocenters. The number of nitrogens with one attached hydrogen (secondary N) is 2. The number of phenolic OH excluding ortho intramolecular Hbond substituents is 1. The molecular formula is C51H33Cl2N4O12+. The molecule has 2 amide bonds. The number of carboxylic acid groups (broad SMARTS) is 3. The number of anilines is 1. The second-order valence-corrected chi connectivity index (χ2v) is 16.6. The summed E-state index contributed by atoms with van der Waals surface area (Å²) >= 11 is 13.6. The number of rotatable bonds is 11. The van der Waals surface area contributed by atoms with Crippen molar-refractivity contribution in [3.8, 4) is 50.7 Å². The van der Waals surface area contributed by atoms with Crippen molar-refractivity contribution in [1.82, 2.24) is 10.6 Å². The molecule has 18 heteroatoms. The van der Waals surface area contributed by atoms with E-state index < -0.39 is 40.7 Å². The number of carboxylic acids is 3. The van der Waals surface area contributed by atoms with Crippen molar-refractivity contribution >= 4 is 80.6 Å². The quantitative estimate of drug-likeness (QED) is 0.0467. The molecule has 0 aromatic heterocycles. The third kappa shape index (κ3) is 8.30. The van der Waals surface area contributed by atoms with Gasteiger partial charge in [-0.2, -0.15) is 0 Å². The Morgan fingerprint density at radius 1 is 0.609 bits per heavy atom. The fourth-order valence-corrected chi connectivity index (χ4v) is 8.88. The van der Waals surface area contributed by atoms with Crippen LogP contribution in [-0.2, 0) is 13.1 Å². The van der Waals surface area contributed by atoms with Gasteiger partial charge >= 0.3 is 17.9 Å². The number of nitrogens with two attached hydrogens (primary N) is 2. The van der Waals surface area contributed by atoms with Gasteiger partial charge in [-0.1, -0.05) is 35.3 Å². The van der Waals surface area contributed by atoms with Crippen LogP contribution in [0.2, 0.25) is 10.0 Å². The summed E-state index contributed by atoms with van der Waals surface area (Å²) in [5.41, 5.74) is 7.42. The normalized spacial score (nSPS) is 11.3. The van der Waals surface area contributed by atoms with Crippen molar-refractivity contribution in [3.63, 3.8) is 0 Å². The standard InChI is InChI=1S/C51H32Cl2N4O12/c52-36-19-34(45(53)44(51(66)67)43(36)42-30-10-6-25(54)16-38(30)68-39-17-26(55)7-11-31(39)42)48(61)56-20-22-1-3-23(4-2-22)47(60)57-21-35-37(59)14-13-32-41(29-12-8-27(58)18-40(29)69-46(32)35)33-15-24(49(62)63)5-9-28(33)50(64)65/h1-19,54,59H,20-21,55H2,(H,56,61)(H,57,60)(H,62,63)(H,64,65)(H,66,67)/p+1. The molecule has 0 spiro atoms. The molecule has 4 aliphatic rings. The zero-order valence-electron chi connectivity index (χ0n) is 35.3. The number of amides is 2. The van der Waals surface area contributed by atoms with Crippen molar-refractivity contribution in [2.75, 3.05) is 5.73 Å². The molecule has 0 saturated carbocycles. The SMILES string of the molecule is Nc1ccc2c(-c3c(Cl)cc(C(=O)NCc4ccc(C(=O)NCc5c(O)ccc6c(-c7cc(C(=O)O)ccc7C(=O)O)c7ccc(=O)cc-7oc56)cc4)c(Cl)c3C(=O)O)c3ccc(=[NH2+])cc-3oc2c1. The van der Waals surface area contributed by atoms with E-state index in [4.69, 9.17) is 43.2 Å². The van der Waals surface area contributed by atoms with Crippen molar-refractivity contribution in [2.24, 2.45) is 0 Å². The van der Waals surface area contributed by atoms with Crippen molar-refractivity contribution in [2.45, 2.75) is 13.1 Å². The molecule has 10 N–H and O–H groups in total. The maximum Gasteiger partial charge on any atom is 0.337 e. The first-order valence-corrected chi connectivity index (χ1v) is 21.3. The highest BCUT2D eigenvalue weighted by atomic mass is 35.5. The summed E-state index contributed by atoms with van der Waals surface area (Å²) in [6.07, 6.45) is 0. The number of hydrogen-bond acceptors (Lipinski definition) is 10. The van der Waals surface area contributed by atoms with Gasteiger partial charge < -0.3 is 45.6 Å². The zero-order valence-corrected chi connectivity index (χ0v) is 36.9. The summed E-state index contributed by atoms with van der Waals surface area (Å²) in [6.45, 7) is -0.398. The fourth-order valence-electron chi connectivity index (χ4n) is 8.26. The monoisotopic (exact) mass is 963 g/mol. The number of carbonyl (C=O) groups is 5. The molecule has 0 atom stereocenters. The van der Waals surface area contributed by atoms with Crippen molar-refractivity contribution in [3.05, 3.63) is 180 Å². The van der Waals surface area contributed by atoms with Crippen molar-refractivity contribution < 1.29 is 58.6 Å². The molecule has 0 radical (unpaired) electrons. The highest BCUT2D eigenvalue weighted by Gasteiger charge is 2.30. The van der Waals surface area contributed by atoms with E-state index in [1.807, 2.05) is 0 Å². The molecule has 2 aliphatic carbocycles. The maximum absolute atomic E-state index is 13.7. The Balaban J connectivity index is 0.968. The summed E-state index contributed by atoms with van der Waals surface area (Å²) in [4.78, 5) is 77.0. The van der Waals surface area contributed by atoms with Crippen LogP contribution in [0.3, 0.4) is 0 Å². The molecule has 5 aromatic rings. The average Bonchev–Trinajstić information content (AvgIpc) is 3.31. The summed E-state index contributed by atoms with van der Waals surface area (Å²) in [5.74, 6) is -5.41. The minimum absolute atomic E-state index is 0.00714. The number of benzene rings is 7. The maximum atomic E-state index is 13.7. The molecule has 0 saturated heterocycles. The van der Waals surface area contributed by atoms with E-state index in [1.54, 1.807) is 48.5 Å². The first kappa shape index (κ1) is 45.2. The lowest BCUT2D eigenvalue weighted by Gasteiger charge is -2.20. The Morgan fingerprint density at radius 2 is 1.29 bits per heavy atom. The molecule has 16 nitrogen and oxygen atoms in total. The predicted molar refractivity (Wildman–Crippen MR) is 254 cm³/mol. The molecule has 0 bridgehead atoms. The number of halogens is 2. The number of aromatic hydroxyl groups is 1. The molecule has 342 valence electrons. The lowest BCUT2D eigenvalue weighted by atomic mass is 9.89. The van der Waals surface area contributed by atoms with Gasteiger partial charge in [0.25, 0.3) is 11.8 Å². The minimum Gasteiger partial charge on any atom is -0.507 e. The van der Waals surface area contributed by atoms with Gasteiger partial charge in [-0.3, -0.25) is 19.8 Å². The van der Waals surface area contributed by atoms with E-state index in [0.717, 1.165) is 12.1 Å². The molecule has 0 fully saturated rings. The van der Waals surface area contributed by atoms with Gasteiger partial charge in [0.2, 0.25) is 0 Å². The molecular weight excluding hydrogens is 931 g/mol. The van der Waals surface area contributed by atoms with Crippen LogP contribution in [-0.4, -0.2) is 50.1 Å². The second kappa shape index (κ2) is 17.7. The van der Waals surface area contributed by atoms with Gasteiger partial charge in [0.05, 0.1) is 50.5 Å². The van der Waals surface area contributed by atoms with Gasteiger partial charge in [-0.15, -0.1) is 0 Å². The Kier molecular flexibility index (Phi) is 11.6. The predicted octanol–water partition coefficient (Wildman–Crippen LogP) is 7.29. The molecule has 2 aliphatic heterocycles. The van der Waals surface area contributed by atoms with Gasteiger partial charge in [0.1, 0.15) is 28.4 Å². The largest absolute Gasteiger partial charge is 0.507 e. The number of aromatic carboxylic acids is 3. The van der Waals surface area contributed by atoms with Gasteiger partial charge in [-0.25, -0.2) is 14.4 Å². The lowest BCUT2D eigenvalue weighted by Crippen LogP contribution is -2.44.